The molecule has 2 aromatic rings. The van der Waals surface area contributed by atoms with Crippen LogP contribution in [0.15, 0.2) is 28.9 Å². The Morgan fingerprint density at radius 3 is 3.00 bits per heavy atom. The molecule has 0 amide bonds. The molecule has 2 nitrogen and oxygen atoms in total. The summed E-state index contributed by atoms with van der Waals surface area (Å²) in [5, 5.41) is 4.83. The van der Waals surface area contributed by atoms with Crippen molar-refractivity contribution in [3.8, 4) is 0 Å². The zero-order chi connectivity index (χ0) is 11.0. The zero-order valence-electron chi connectivity index (χ0n) is 9.62. The molecule has 1 aromatic heterocycles. The average Bonchev–Trinajstić information content (AvgIpc) is 2.59. The highest BCUT2D eigenvalue weighted by molar-refractivity contribution is 5.81. The van der Waals surface area contributed by atoms with E-state index in [0.29, 0.717) is 0 Å². The fourth-order valence-electron chi connectivity index (χ4n) is 2.20. The Kier molecular flexibility index (Phi) is 2.44. The van der Waals surface area contributed by atoms with Gasteiger partial charge in [0.15, 0.2) is 0 Å². The number of rotatable bonds is 3. The number of fused-ring (bicyclic) bond motifs is 1. The summed E-state index contributed by atoms with van der Waals surface area (Å²) in [6, 6.07) is 7.08. The number of aryl methyl sites for hydroxylation is 1. The van der Waals surface area contributed by atoms with Gasteiger partial charge >= 0.3 is 0 Å². The first-order valence-electron chi connectivity index (χ1n) is 6.03. The topological polar surface area (TPSA) is 25.2 Å². The molecule has 1 aromatic carbocycles. The molecule has 1 saturated carbocycles. The predicted molar refractivity (Wildman–Crippen MR) is 65.4 cm³/mol. The summed E-state index contributed by atoms with van der Waals surface area (Å²) in [6.45, 7) is 3.05. The van der Waals surface area contributed by atoms with E-state index in [1.165, 1.54) is 35.8 Å². The third kappa shape index (κ3) is 1.74. The number of benzene rings is 1. The molecule has 16 heavy (non-hydrogen) atoms. The number of hydrogen-bond donors (Lipinski definition) is 1. The maximum absolute atomic E-state index is 5.55. The van der Waals surface area contributed by atoms with Crippen molar-refractivity contribution in [2.24, 2.45) is 0 Å². The normalized spacial score (nSPS) is 16.6. The Morgan fingerprint density at radius 2 is 2.25 bits per heavy atom. The van der Waals surface area contributed by atoms with Crippen molar-refractivity contribution in [1.82, 2.24) is 5.32 Å². The van der Waals surface area contributed by atoms with E-state index >= 15 is 0 Å². The van der Waals surface area contributed by atoms with Crippen LogP contribution in [0.5, 0.6) is 0 Å². The van der Waals surface area contributed by atoms with Crippen LogP contribution >= 0.6 is 0 Å². The summed E-state index contributed by atoms with van der Waals surface area (Å²) in [6.07, 6.45) is 5.92. The molecule has 1 aliphatic rings. The van der Waals surface area contributed by atoms with Crippen molar-refractivity contribution in [2.45, 2.75) is 38.8 Å². The molecule has 0 spiro atoms. The van der Waals surface area contributed by atoms with Crippen LogP contribution in [0, 0.1) is 6.92 Å². The van der Waals surface area contributed by atoms with E-state index in [2.05, 4.69) is 30.4 Å². The second-order valence-corrected chi connectivity index (χ2v) is 4.77. The van der Waals surface area contributed by atoms with Gasteiger partial charge in [0.25, 0.3) is 0 Å². The summed E-state index contributed by atoms with van der Waals surface area (Å²) in [4.78, 5) is 0. The zero-order valence-corrected chi connectivity index (χ0v) is 9.62. The molecule has 1 N–H and O–H groups in total. The fourth-order valence-corrected chi connectivity index (χ4v) is 2.20. The Balaban J connectivity index is 1.82. The van der Waals surface area contributed by atoms with Gasteiger partial charge in [-0.3, -0.25) is 0 Å². The van der Waals surface area contributed by atoms with E-state index in [4.69, 9.17) is 4.42 Å². The van der Waals surface area contributed by atoms with E-state index in [1.807, 2.05) is 6.26 Å². The maximum Gasteiger partial charge on any atom is 0.134 e. The summed E-state index contributed by atoms with van der Waals surface area (Å²) in [5.74, 6) is 0. The van der Waals surface area contributed by atoms with Crippen LogP contribution in [-0.2, 0) is 6.54 Å². The van der Waals surface area contributed by atoms with Crippen LogP contribution in [0.1, 0.15) is 30.4 Å². The quantitative estimate of drug-likeness (QED) is 0.849. The Hall–Kier alpha value is -1.28. The van der Waals surface area contributed by atoms with Crippen LogP contribution in [-0.4, -0.2) is 6.04 Å². The standard InChI is InChI=1S/C14H17NO/c1-10-5-6-14-13(7-10)11(9-16-14)8-15-12-3-2-4-12/h5-7,9,12,15H,2-4,8H2,1H3. The molecule has 0 aliphatic heterocycles. The molecule has 1 heterocycles. The lowest BCUT2D eigenvalue weighted by atomic mass is 9.93. The van der Waals surface area contributed by atoms with E-state index in [-0.39, 0.29) is 0 Å². The highest BCUT2D eigenvalue weighted by atomic mass is 16.3. The molecule has 0 atom stereocenters. The largest absolute Gasteiger partial charge is 0.464 e. The molecule has 0 bridgehead atoms. The average molecular weight is 215 g/mol. The van der Waals surface area contributed by atoms with Crippen LogP contribution in [0.2, 0.25) is 0 Å². The SMILES string of the molecule is Cc1ccc2occ(CNC3CCC3)c2c1. The van der Waals surface area contributed by atoms with Gasteiger partial charge in [-0.15, -0.1) is 0 Å². The minimum atomic E-state index is 0.731. The third-order valence-corrected chi connectivity index (χ3v) is 3.50. The van der Waals surface area contributed by atoms with Crippen LogP contribution in [0.25, 0.3) is 11.0 Å². The van der Waals surface area contributed by atoms with Gasteiger partial charge < -0.3 is 9.73 Å². The molecule has 0 saturated heterocycles. The number of nitrogens with one attached hydrogen (secondary N) is 1. The van der Waals surface area contributed by atoms with E-state index in [0.717, 1.165) is 18.2 Å². The minimum Gasteiger partial charge on any atom is -0.464 e. The van der Waals surface area contributed by atoms with Crippen LogP contribution in [0.4, 0.5) is 0 Å². The number of furan rings is 1. The summed E-state index contributed by atoms with van der Waals surface area (Å²) < 4.78 is 5.55. The van der Waals surface area contributed by atoms with E-state index in [1.54, 1.807) is 0 Å². The van der Waals surface area contributed by atoms with Crippen molar-refractivity contribution in [3.05, 3.63) is 35.6 Å². The lowest BCUT2D eigenvalue weighted by Crippen LogP contribution is -2.34. The van der Waals surface area contributed by atoms with Gasteiger partial charge in [-0.1, -0.05) is 18.1 Å². The molecular formula is C14H17NO. The highest BCUT2D eigenvalue weighted by Gasteiger charge is 2.17. The molecule has 1 aliphatic carbocycles. The van der Waals surface area contributed by atoms with Crippen molar-refractivity contribution in [2.75, 3.05) is 0 Å². The molecule has 1 fully saturated rings. The van der Waals surface area contributed by atoms with Gasteiger partial charge in [-0.2, -0.15) is 0 Å². The summed E-state index contributed by atoms with van der Waals surface area (Å²) in [7, 11) is 0. The molecule has 0 unspecified atom stereocenters. The Labute approximate surface area is 95.6 Å². The van der Waals surface area contributed by atoms with Gasteiger partial charge in [-0.05, 0) is 31.9 Å². The van der Waals surface area contributed by atoms with Gasteiger partial charge in [0, 0.05) is 23.5 Å². The highest BCUT2D eigenvalue weighted by Crippen LogP contribution is 2.24. The molecule has 2 heteroatoms. The summed E-state index contributed by atoms with van der Waals surface area (Å²) >= 11 is 0. The Morgan fingerprint density at radius 1 is 1.38 bits per heavy atom. The smallest absolute Gasteiger partial charge is 0.134 e. The second-order valence-electron chi connectivity index (χ2n) is 4.77. The maximum atomic E-state index is 5.55. The minimum absolute atomic E-state index is 0.731. The monoisotopic (exact) mass is 215 g/mol. The van der Waals surface area contributed by atoms with E-state index in [9.17, 15) is 0 Å². The van der Waals surface area contributed by atoms with Crippen molar-refractivity contribution < 1.29 is 4.42 Å². The first-order chi connectivity index (χ1) is 7.83. The Bertz CT molecular complexity index is 496. The second kappa shape index (κ2) is 3.95. The van der Waals surface area contributed by atoms with Crippen molar-refractivity contribution in [1.29, 1.82) is 0 Å². The van der Waals surface area contributed by atoms with Crippen LogP contribution < -0.4 is 5.32 Å². The lowest BCUT2D eigenvalue weighted by molar-refractivity contribution is 0.338. The molecule has 0 radical (unpaired) electrons. The lowest BCUT2D eigenvalue weighted by Gasteiger charge is -2.26. The fraction of sp³-hybridized carbons (Fsp3) is 0.429. The van der Waals surface area contributed by atoms with Gasteiger partial charge in [0.1, 0.15) is 5.58 Å². The first-order valence-corrected chi connectivity index (χ1v) is 6.03. The van der Waals surface area contributed by atoms with Crippen molar-refractivity contribution >= 4 is 11.0 Å². The number of hydrogen-bond acceptors (Lipinski definition) is 2. The third-order valence-electron chi connectivity index (χ3n) is 3.50. The van der Waals surface area contributed by atoms with Crippen LogP contribution in [0.3, 0.4) is 0 Å². The van der Waals surface area contributed by atoms with Gasteiger partial charge in [0.2, 0.25) is 0 Å². The van der Waals surface area contributed by atoms with E-state index < -0.39 is 0 Å². The molecular weight excluding hydrogens is 198 g/mol. The van der Waals surface area contributed by atoms with Crippen molar-refractivity contribution in [3.63, 3.8) is 0 Å². The predicted octanol–water partition coefficient (Wildman–Crippen LogP) is 3.38. The first kappa shape index (κ1) is 9.91. The summed E-state index contributed by atoms with van der Waals surface area (Å²) in [5.41, 5.74) is 3.57. The molecule has 3 rings (SSSR count). The molecule has 84 valence electrons. The van der Waals surface area contributed by atoms with Gasteiger partial charge in [0.05, 0.1) is 6.26 Å². The van der Waals surface area contributed by atoms with Gasteiger partial charge in [-0.25, -0.2) is 0 Å².